The van der Waals surface area contributed by atoms with Gasteiger partial charge >= 0.3 is 0 Å². The Morgan fingerprint density at radius 3 is 2.67 bits per heavy atom. The van der Waals surface area contributed by atoms with Gasteiger partial charge in [0, 0.05) is 18.3 Å². The third kappa shape index (κ3) is 1.97. The highest BCUT2D eigenvalue weighted by Crippen LogP contribution is 2.66. The molecule has 0 amide bonds. The van der Waals surface area contributed by atoms with E-state index in [4.69, 9.17) is 0 Å². The molecule has 4 rings (SSSR count). The second-order valence-corrected chi connectivity index (χ2v) is 9.20. The maximum absolute atomic E-state index is 11.9. The fourth-order valence-electron chi connectivity index (χ4n) is 6.91. The lowest BCUT2D eigenvalue weighted by molar-refractivity contribution is -0.123. The van der Waals surface area contributed by atoms with Gasteiger partial charge in [-0.2, -0.15) is 0 Å². The summed E-state index contributed by atoms with van der Waals surface area (Å²) in [5.74, 6) is 8.48. The van der Waals surface area contributed by atoms with Crippen LogP contribution in [0.5, 0.6) is 0 Å². The molecule has 0 unspecified atom stereocenters. The molecule has 3 fully saturated rings. The molecule has 1 N–H and O–H groups in total. The van der Waals surface area contributed by atoms with Gasteiger partial charge in [0.25, 0.3) is 0 Å². The highest BCUT2D eigenvalue weighted by Gasteiger charge is 2.63. The van der Waals surface area contributed by atoms with Crippen molar-refractivity contribution >= 4 is 5.78 Å². The van der Waals surface area contributed by atoms with Gasteiger partial charge in [0.15, 0.2) is 0 Å². The van der Waals surface area contributed by atoms with E-state index < -0.39 is 5.60 Å². The van der Waals surface area contributed by atoms with E-state index in [2.05, 4.69) is 31.8 Å². The van der Waals surface area contributed by atoms with Crippen molar-refractivity contribution < 1.29 is 9.90 Å². The van der Waals surface area contributed by atoms with Crippen LogP contribution in [-0.2, 0) is 4.79 Å². The summed E-state index contributed by atoms with van der Waals surface area (Å²) in [4.78, 5) is 11.9. The van der Waals surface area contributed by atoms with E-state index in [0.717, 1.165) is 38.5 Å². The molecule has 24 heavy (non-hydrogen) atoms. The number of carbonyl (C=O) groups is 1. The molecule has 0 spiro atoms. The van der Waals surface area contributed by atoms with Crippen LogP contribution in [0.2, 0.25) is 0 Å². The molecule has 0 saturated heterocycles. The van der Waals surface area contributed by atoms with Crippen LogP contribution in [0.1, 0.15) is 72.1 Å². The number of hydrogen-bond acceptors (Lipinski definition) is 2. The number of rotatable bonds is 0. The summed E-state index contributed by atoms with van der Waals surface area (Å²) in [6, 6.07) is 0. The number of allylic oxidation sites excluding steroid dienone is 2. The van der Waals surface area contributed by atoms with E-state index >= 15 is 0 Å². The Morgan fingerprint density at radius 1 is 1.17 bits per heavy atom. The minimum Gasteiger partial charge on any atom is -0.377 e. The summed E-state index contributed by atoms with van der Waals surface area (Å²) in [6.07, 6.45) is 10.1. The topological polar surface area (TPSA) is 37.3 Å². The monoisotopic (exact) mass is 326 g/mol. The summed E-state index contributed by atoms with van der Waals surface area (Å²) >= 11 is 0. The van der Waals surface area contributed by atoms with Crippen molar-refractivity contribution in [3.8, 4) is 11.8 Å². The van der Waals surface area contributed by atoms with Crippen LogP contribution in [0.3, 0.4) is 0 Å². The summed E-state index contributed by atoms with van der Waals surface area (Å²) in [6.45, 7) is 6.55. The summed E-state index contributed by atoms with van der Waals surface area (Å²) in [5, 5.41) is 11.2. The minimum absolute atomic E-state index is 0.0661. The van der Waals surface area contributed by atoms with Gasteiger partial charge in [-0.15, -0.1) is 5.92 Å². The number of carbonyl (C=O) groups excluding carboxylic acids is 1. The zero-order valence-corrected chi connectivity index (χ0v) is 15.3. The van der Waals surface area contributed by atoms with Crippen LogP contribution >= 0.6 is 0 Å². The lowest BCUT2D eigenvalue weighted by atomic mass is 9.47. The van der Waals surface area contributed by atoms with Crippen LogP contribution in [0, 0.1) is 40.4 Å². The minimum atomic E-state index is -0.801. The van der Waals surface area contributed by atoms with E-state index in [1.165, 1.54) is 12.0 Å². The second kappa shape index (κ2) is 5.21. The molecule has 0 aromatic carbocycles. The fourth-order valence-corrected chi connectivity index (χ4v) is 6.91. The van der Waals surface area contributed by atoms with Crippen LogP contribution in [0.25, 0.3) is 0 Å². The lowest BCUT2D eigenvalue weighted by Crippen LogP contribution is -2.54. The Morgan fingerprint density at radius 2 is 1.92 bits per heavy atom. The summed E-state index contributed by atoms with van der Waals surface area (Å²) < 4.78 is 0. The third-order valence-corrected chi connectivity index (χ3v) is 8.42. The highest BCUT2D eigenvalue weighted by atomic mass is 16.3. The van der Waals surface area contributed by atoms with Gasteiger partial charge in [-0.1, -0.05) is 31.4 Å². The smallest absolute Gasteiger partial charge is 0.136 e. The Balaban J connectivity index is 1.70. The van der Waals surface area contributed by atoms with Crippen LogP contribution in [-0.4, -0.2) is 16.5 Å². The second-order valence-electron chi connectivity index (χ2n) is 9.20. The number of aliphatic hydroxyl groups is 1. The number of Topliss-reactive ketones (excluding diaryl/α,β-unsaturated/α-hetero) is 1. The molecule has 2 heteroatoms. The van der Waals surface area contributed by atoms with E-state index in [1.807, 2.05) is 6.92 Å². The van der Waals surface area contributed by atoms with Crippen molar-refractivity contribution in [1.29, 1.82) is 0 Å². The van der Waals surface area contributed by atoms with Crippen molar-refractivity contribution in [2.45, 2.75) is 77.7 Å². The molecular formula is C22H30O2. The molecule has 0 bridgehead atoms. The third-order valence-electron chi connectivity index (χ3n) is 8.42. The van der Waals surface area contributed by atoms with E-state index in [9.17, 15) is 9.90 Å². The van der Waals surface area contributed by atoms with E-state index in [0.29, 0.717) is 30.0 Å². The molecule has 0 aliphatic heterocycles. The van der Waals surface area contributed by atoms with Crippen molar-refractivity contribution in [3.63, 3.8) is 0 Å². The Kier molecular flexibility index (Phi) is 3.56. The van der Waals surface area contributed by atoms with Crippen LogP contribution in [0.4, 0.5) is 0 Å². The molecule has 6 atom stereocenters. The molecule has 0 aromatic rings. The Hall–Kier alpha value is -1.07. The molecule has 0 aromatic heterocycles. The van der Waals surface area contributed by atoms with Crippen LogP contribution in [0.15, 0.2) is 11.6 Å². The van der Waals surface area contributed by atoms with Gasteiger partial charge in [-0.05, 0) is 68.6 Å². The number of ketones is 1. The maximum Gasteiger partial charge on any atom is 0.136 e. The van der Waals surface area contributed by atoms with Crippen molar-refractivity contribution in [2.75, 3.05) is 0 Å². The normalized spacial score (nSPS) is 50.1. The first-order valence-electron chi connectivity index (χ1n) is 9.71. The predicted molar refractivity (Wildman–Crippen MR) is 95.1 cm³/mol. The maximum atomic E-state index is 11.9. The van der Waals surface area contributed by atoms with Crippen molar-refractivity contribution in [3.05, 3.63) is 11.6 Å². The molecule has 4 aliphatic carbocycles. The molecule has 3 saturated carbocycles. The standard InChI is InChI=1S/C22H30O2/c1-4-10-22(24)13-9-19-17-6-5-15-14-16(23)7-11-20(15,2)18(17)8-12-21(19,22)3/h5,17-19,24H,6-9,11-14H2,1-3H3/t17-,18+,19+,20+,21+,22+/m1/s1. The van der Waals surface area contributed by atoms with Gasteiger partial charge < -0.3 is 5.11 Å². The SMILES string of the molecule is CC#C[C@]1(O)CC[C@H]2[C@@H]3CC=C4CC(=O)CC[C@]4(C)[C@H]3CC[C@@]21C. The van der Waals surface area contributed by atoms with Gasteiger partial charge in [0.2, 0.25) is 0 Å². The average Bonchev–Trinajstić information content (AvgIpc) is 2.80. The zero-order chi connectivity index (χ0) is 17.2. The van der Waals surface area contributed by atoms with Crippen LogP contribution < -0.4 is 0 Å². The quantitative estimate of drug-likeness (QED) is 0.533. The molecule has 0 heterocycles. The van der Waals surface area contributed by atoms with E-state index in [1.54, 1.807) is 0 Å². The number of hydrogen-bond donors (Lipinski definition) is 1. The fraction of sp³-hybridized carbons (Fsp3) is 0.773. The molecule has 2 nitrogen and oxygen atoms in total. The van der Waals surface area contributed by atoms with Crippen molar-refractivity contribution in [1.82, 2.24) is 0 Å². The zero-order valence-electron chi connectivity index (χ0n) is 15.3. The lowest BCUT2D eigenvalue weighted by Gasteiger charge is -2.57. The molecule has 130 valence electrons. The molecule has 4 aliphatic rings. The van der Waals surface area contributed by atoms with Gasteiger partial charge in [0.1, 0.15) is 11.4 Å². The Labute approximate surface area is 146 Å². The largest absolute Gasteiger partial charge is 0.377 e. The Bertz CT molecular complexity index is 665. The average molecular weight is 326 g/mol. The van der Waals surface area contributed by atoms with E-state index in [-0.39, 0.29) is 10.8 Å². The first-order valence-corrected chi connectivity index (χ1v) is 9.71. The van der Waals surface area contributed by atoms with Gasteiger partial charge in [-0.3, -0.25) is 4.79 Å². The first-order chi connectivity index (χ1) is 11.3. The molecule has 0 radical (unpaired) electrons. The summed E-state index contributed by atoms with van der Waals surface area (Å²) in [7, 11) is 0. The number of fused-ring (bicyclic) bond motifs is 5. The molecular weight excluding hydrogens is 296 g/mol. The van der Waals surface area contributed by atoms with Gasteiger partial charge in [0.05, 0.1) is 0 Å². The van der Waals surface area contributed by atoms with Gasteiger partial charge in [-0.25, -0.2) is 0 Å². The highest BCUT2D eigenvalue weighted by molar-refractivity contribution is 5.82. The first kappa shape index (κ1) is 16.4. The van der Waals surface area contributed by atoms with Crippen molar-refractivity contribution in [2.24, 2.45) is 28.6 Å². The predicted octanol–water partition coefficient (Wildman–Crippen LogP) is 4.27. The summed E-state index contributed by atoms with van der Waals surface area (Å²) in [5.41, 5.74) is 0.772.